The van der Waals surface area contributed by atoms with E-state index in [1.165, 1.54) is 9.79 Å². The second kappa shape index (κ2) is 6.23. The first-order valence-electron chi connectivity index (χ1n) is 5.33. The first-order chi connectivity index (χ1) is 8.56. The molecule has 6 heteroatoms. The van der Waals surface area contributed by atoms with Crippen LogP contribution < -0.4 is 0 Å². The fourth-order valence-electron chi connectivity index (χ4n) is 1.49. The molecule has 0 N–H and O–H groups in total. The van der Waals surface area contributed by atoms with Crippen molar-refractivity contribution in [1.29, 1.82) is 0 Å². The Balaban J connectivity index is 2.21. The zero-order valence-corrected chi connectivity index (χ0v) is 13.2. The van der Waals surface area contributed by atoms with Gasteiger partial charge in [-0.05, 0) is 36.6 Å². The first kappa shape index (κ1) is 14.1. The van der Waals surface area contributed by atoms with Crippen LogP contribution in [-0.2, 0) is 9.47 Å². The highest BCUT2D eigenvalue weighted by Gasteiger charge is 2.33. The Labute approximate surface area is 126 Å². The van der Waals surface area contributed by atoms with Crippen molar-refractivity contribution in [3.05, 3.63) is 24.3 Å². The molecule has 1 heterocycles. The molecule has 1 aliphatic rings. The van der Waals surface area contributed by atoms with Gasteiger partial charge in [0.15, 0.2) is 21.0 Å². The van der Waals surface area contributed by atoms with Crippen LogP contribution in [0.2, 0.25) is 0 Å². The molecule has 0 bridgehead atoms. The third-order valence-corrected chi connectivity index (χ3v) is 4.99. The van der Waals surface area contributed by atoms with Gasteiger partial charge in [-0.3, -0.25) is 0 Å². The molecular formula is C12H12O2S4. The first-order valence-corrected chi connectivity index (χ1v) is 7.90. The highest BCUT2D eigenvalue weighted by molar-refractivity contribution is 8.06. The maximum absolute atomic E-state index is 5.65. The van der Waals surface area contributed by atoms with Gasteiger partial charge < -0.3 is 9.47 Å². The smallest absolute Gasteiger partial charge is 0.196 e. The Kier molecular flexibility index (Phi) is 4.89. The predicted octanol–water partition coefficient (Wildman–Crippen LogP) is 4.26. The summed E-state index contributed by atoms with van der Waals surface area (Å²) >= 11 is 13.3. The molecule has 2 unspecified atom stereocenters. The summed E-state index contributed by atoms with van der Waals surface area (Å²) in [6, 6.07) is 8.17. The molecule has 0 fully saturated rings. The number of fused-ring (bicyclic) bond motifs is 1. The number of thioether (sulfide) groups is 2. The van der Waals surface area contributed by atoms with E-state index in [0.29, 0.717) is 10.1 Å². The van der Waals surface area contributed by atoms with Gasteiger partial charge in [0.1, 0.15) is 0 Å². The van der Waals surface area contributed by atoms with Gasteiger partial charge in [0.05, 0.1) is 0 Å². The minimum atomic E-state index is -0.166. The molecule has 18 heavy (non-hydrogen) atoms. The summed E-state index contributed by atoms with van der Waals surface area (Å²) in [4.78, 5) is 2.37. The summed E-state index contributed by atoms with van der Waals surface area (Å²) in [7, 11) is 0. The zero-order valence-electron chi connectivity index (χ0n) is 9.91. The van der Waals surface area contributed by atoms with E-state index in [1.54, 1.807) is 37.4 Å². The Bertz CT molecular complexity index is 432. The van der Waals surface area contributed by atoms with Crippen LogP contribution in [0.5, 0.6) is 0 Å². The van der Waals surface area contributed by atoms with Crippen molar-refractivity contribution in [2.24, 2.45) is 0 Å². The second-order valence-electron chi connectivity index (χ2n) is 3.64. The SMILES string of the molecule is CC(=S)OC1Sc2ccccc2SC1OC(C)=S. The lowest BCUT2D eigenvalue weighted by molar-refractivity contribution is 0.156. The van der Waals surface area contributed by atoms with E-state index in [-0.39, 0.29) is 10.9 Å². The maximum Gasteiger partial charge on any atom is 0.196 e. The lowest BCUT2D eigenvalue weighted by Gasteiger charge is -2.31. The average molecular weight is 316 g/mol. The Morgan fingerprint density at radius 2 is 1.33 bits per heavy atom. The Hall–Kier alpha value is -0.300. The topological polar surface area (TPSA) is 18.5 Å². The Morgan fingerprint density at radius 3 is 1.67 bits per heavy atom. The van der Waals surface area contributed by atoms with Crippen LogP contribution in [0.3, 0.4) is 0 Å². The van der Waals surface area contributed by atoms with E-state index < -0.39 is 0 Å². The second-order valence-corrected chi connectivity index (χ2v) is 7.07. The summed E-state index contributed by atoms with van der Waals surface area (Å²) in [5.74, 6) is 0. The lowest BCUT2D eigenvalue weighted by Crippen LogP contribution is -2.30. The number of hydrogen-bond donors (Lipinski definition) is 0. The van der Waals surface area contributed by atoms with Gasteiger partial charge in [0.2, 0.25) is 0 Å². The zero-order chi connectivity index (χ0) is 13.1. The van der Waals surface area contributed by atoms with Crippen LogP contribution >= 0.6 is 48.0 Å². The summed E-state index contributed by atoms with van der Waals surface area (Å²) in [6.45, 7) is 3.53. The van der Waals surface area contributed by atoms with E-state index in [1.807, 2.05) is 12.1 Å². The van der Waals surface area contributed by atoms with Gasteiger partial charge in [0, 0.05) is 23.6 Å². The van der Waals surface area contributed by atoms with Gasteiger partial charge in [0.25, 0.3) is 0 Å². The predicted molar refractivity (Wildman–Crippen MR) is 84.4 cm³/mol. The molecule has 2 atom stereocenters. The van der Waals surface area contributed by atoms with Gasteiger partial charge in [-0.2, -0.15) is 0 Å². The van der Waals surface area contributed by atoms with Crippen LogP contribution in [0.15, 0.2) is 34.1 Å². The minimum Gasteiger partial charge on any atom is -0.468 e. The van der Waals surface area contributed by atoms with Crippen molar-refractivity contribution in [1.82, 2.24) is 0 Å². The van der Waals surface area contributed by atoms with Gasteiger partial charge in [-0.15, -0.1) is 0 Å². The fraction of sp³-hybridized carbons (Fsp3) is 0.333. The Morgan fingerprint density at radius 1 is 0.944 bits per heavy atom. The molecule has 0 aromatic heterocycles. The van der Waals surface area contributed by atoms with Crippen molar-refractivity contribution in [2.75, 3.05) is 0 Å². The molecule has 0 saturated heterocycles. The van der Waals surface area contributed by atoms with Gasteiger partial charge in [-0.25, -0.2) is 0 Å². The molecule has 1 aromatic rings. The van der Waals surface area contributed by atoms with E-state index >= 15 is 0 Å². The molecular weight excluding hydrogens is 304 g/mol. The standard InChI is InChI=1S/C12H12O2S4/c1-7(15)13-11-12(14-8(2)16)18-10-6-4-3-5-9(10)17-11/h3-6,11-12H,1-2H3. The molecule has 2 rings (SSSR count). The van der Waals surface area contributed by atoms with Crippen LogP contribution in [-0.4, -0.2) is 21.0 Å². The van der Waals surface area contributed by atoms with Crippen molar-refractivity contribution in [3.8, 4) is 0 Å². The van der Waals surface area contributed by atoms with Gasteiger partial charge >= 0.3 is 0 Å². The van der Waals surface area contributed by atoms with E-state index in [0.717, 1.165) is 0 Å². The molecule has 0 spiro atoms. The highest BCUT2D eigenvalue weighted by Crippen LogP contribution is 2.45. The summed E-state index contributed by atoms with van der Waals surface area (Å²) in [6.07, 6.45) is 0. The molecule has 0 aliphatic carbocycles. The van der Waals surface area contributed by atoms with Crippen molar-refractivity contribution in [3.63, 3.8) is 0 Å². The minimum absolute atomic E-state index is 0.166. The number of hydrogen-bond acceptors (Lipinski definition) is 6. The quantitative estimate of drug-likeness (QED) is 0.753. The molecule has 0 saturated carbocycles. The largest absolute Gasteiger partial charge is 0.468 e. The van der Waals surface area contributed by atoms with Crippen LogP contribution in [0.25, 0.3) is 0 Å². The molecule has 96 valence electrons. The van der Waals surface area contributed by atoms with E-state index in [2.05, 4.69) is 12.1 Å². The summed E-state index contributed by atoms with van der Waals surface area (Å²) < 4.78 is 11.3. The maximum atomic E-state index is 5.65. The fourth-order valence-corrected chi connectivity index (χ4v) is 4.35. The third kappa shape index (κ3) is 3.60. The lowest BCUT2D eigenvalue weighted by atomic mass is 10.4. The summed E-state index contributed by atoms with van der Waals surface area (Å²) in [5.41, 5.74) is -0.333. The van der Waals surface area contributed by atoms with Gasteiger partial charge in [-0.1, -0.05) is 35.7 Å². The normalized spacial score (nSPS) is 21.9. The highest BCUT2D eigenvalue weighted by atomic mass is 32.2. The monoisotopic (exact) mass is 316 g/mol. The molecule has 1 aromatic carbocycles. The summed E-state index contributed by atoms with van der Waals surface area (Å²) in [5, 5.41) is 1.03. The van der Waals surface area contributed by atoms with E-state index in [4.69, 9.17) is 33.9 Å². The molecule has 1 aliphatic heterocycles. The number of ether oxygens (including phenoxy) is 2. The molecule has 0 amide bonds. The van der Waals surface area contributed by atoms with Crippen molar-refractivity contribution in [2.45, 2.75) is 34.5 Å². The van der Waals surface area contributed by atoms with Crippen LogP contribution in [0.4, 0.5) is 0 Å². The van der Waals surface area contributed by atoms with Crippen LogP contribution in [0, 0.1) is 0 Å². The number of benzene rings is 1. The molecule has 2 nitrogen and oxygen atoms in total. The van der Waals surface area contributed by atoms with E-state index in [9.17, 15) is 0 Å². The van der Waals surface area contributed by atoms with Crippen molar-refractivity contribution < 1.29 is 9.47 Å². The number of thiocarbonyl (C=S) groups is 2. The van der Waals surface area contributed by atoms with Crippen molar-refractivity contribution >= 4 is 58.1 Å². The average Bonchev–Trinajstić information content (AvgIpc) is 2.28. The molecule has 0 radical (unpaired) electrons. The number of rotatable bonds is 2. The third-order valence-electron chi connectivity index (χ3n) is 2.12. The van der Waals surface area contributed by atoms with Crippen LogP contribution in [0.1, 0.15) is 13.8 Å².